The lowest BCUT2D eigenvalue weighted by Gasteiger charge is -1.96. The average Bonchev–Trinajstić information content (AvgIpc) is 2.15. The molecule has 0 radical (unpaired) electrons. The van der Waals surface area contributed by atoms with Crippen LogP contribution in [0.3, 0.4) is 0 Å². The van der Waals surface area contributed by atoms with E-state index in [1.165, 1.54) is 18.2 Å². The van der Waals surface area contributed by atoms with Crippen LogP contribution in [-0.4, -0.2) is 17.4 Å². The van der Waals surface area contributed by atoms with Gasteiger partial charge in [-0.15, -0.1) is 11.6 Å². The van der Waals surface area contributed by atoms with Crippen molar-refractivity contribution in [1.29, 1.82) is 0 Å². The molecule has 0 aromatic heterocycles. The maximum atomic E-state index is 12.6. The molecular weight excluding hydrogens is 195 g/mol. The predicted molar refractivity (Wildman–Crippen MR) is 46.5 cm³/mol. The lowest BCUT2D eigenvalue weighted by atomic mass is 10.1. The second kappa shape index (κ2) is 4.14. The van der Waals surface area contributed by atoms with Crippen LogP contribution in [0.25, 0.3) is 0 Å². The topological polar surface area (TPSA) is 34.1 Å². The molecular formula is C9H6ClFO2. The predicted octanol–water partition coefficient (Wildman–Crippen LogP) is 1.82. The summed E-state index contributed by atoms with van der Waals surface area (Å²) in [5, 5.41) is 0. The summed E-state index contributed by atoms with van der Waals surface area (Å²) in [7, 11) is 0. The van der Waals surface area contributed by atoms with Crippen molar-refractivity contribution in [2.75, 3.05) is 5.88 Å². The van der Waals surface area contributed by atoms with Crippen molar-refractivity contribution in [3.05, 3.63) is 35.6 Å². The Hall–Kier alpha value is -1.22. The molecule has 0 amide bonds. The Morgan fingerprint density at radius 1 is 1.38 bits per heavy atom. The molecule has 0 N–H and O–H groups in total. The van der Waals surface area contributed by atoms with E-state index in [0.29, 0.717) is 0 Å². The van der Waals surface area contributed by atoms with Crippen molar-refractivity contribution in [3.8, 4) is 0 Å². The van der Waals surface area contributed by atoms with E-state index in [2.05, 4.69) is 0 Å². The van der Waals surface area contributed by atoms with Crippen LogP contribution in [-0.2, 0) is 4.79 Å². The van der Waals surface area contributed by atoms with Gasteiger partial charge in [0.15, 0.2) is 0 Å². The highest BCUT2D eigenvalue weighted by atomic mass is 35.5. The van der Waals surface area contributed by atoms with E-state index >= 15 is 0 Å². The van der Waals surface area contributed by atoms with Gasteiger partial charge in [-0.05, 0) is 12.1 Å². The molecule has 0 bridgehead atoms. The number of Topliss-reactive ketones (excluding diaryl/α,β-unsaturated/α-hetero) is 2. The minimum Gasteiger partial charge on any atom is -0.289 e. The summed E-state index contributed by atoms with van der Waals surface area (Å²) in [4.78, 5) is 21.9. The lowest BCUT2D eigenvalue weighted by Crippen LogP contribution is -2.15. The SMILES string of the molecule is O=C(CCl)C(=O)c1cccc(F)c1. The molecule has 0 spiro atoms. The Kier molecular flexibility index (Phi) is 3.14. The molecule has 0 aliphatic carbocycles. The number of hydrogen-bond donors (Lipinski definition) is 0. The molecule has 0 fully saturated rings. The van der Waals surface area contributed by atoms with Crippen molar-refractivity contribution in [1.82, 2.24) is 0 Å². The quantitative estimate of drug-likeness (QED) is 0.424. The first kappa shape index (κ1) is 9.86. The normalized spacial score (nSPS) is 9.69. The number of carbonyl (C=O) groups excluding carboxylic acids is 2. The molecule has 2 nitrogen and oxygen atoms in total. The van der Waals surface area contributed by atoms with E-state index in [1.54, 1.807) is 0 Å². The van der Waals surface area contributed by atoms with Crippen LogP contribution in [0.4, 0.5) is 4.39 Å². The largest absolute Gasteiger partial charge is 0.289 e. The van der Waals surface area contributed by atoms with Crippen LogP contribution in [0.15, 0.2) is 24.3 Å². The van der Waals surface area contributed by atoms with Crippen LogP contribution in [0.1, 0.15) is 10.4 Å². The molecule has 0 aliphatic rings. The maximum Gasteiger partial charge on any atom is 0.229 e. The molecule has 1 aromatic carbocycles. The Morgan fingerprint density at radius 3 is 2.62 bits per heavy atom. The number of ketones is 2. The molecule has 1 rings (SSSR count). The van der Waals surface area contributed by atoms with Crippen molar-refractivity contribution in [2.45, 2.75) is 0 Å². The highest BCUT2D eigenvalue weighted by Gasteiger charge is 2.14. The zero-order chi connectivity index (χ0) is 9.84. The van der Waals surface area contributed by atoms with Gasteiger partial charge in [0.2, 0.25) is 11.6 Å². The van der Waals surface area contributed by atoms with E-state index in [1.807, 2.05) is 0 Å². The fourth-order valence-corrected chi connectivity index (χ4v) is 0.973. The second-order valence-corrected chi connectivity index (χ2v) is 2.66. The van der Waals surface area contributed by atoms with Gasteiger partial charge in [0.1, 0.15) is 5.82 Å². The molecule has 4 heteroatoms. The van der Waals surface area contributed by atoms with Gasteiger partial charge in [-0.2, -0.15) is 0 Å². The molecule has 0 atom stereocenters. The average molecular weight is 201 g/mol. The van der Waals surface area contributed by atoms with Gasteiger partial charge in [0.05, 0.1) is 5.88 Å². The molecule has 1 aromatic rings. The zero-order valence-corrected chi connectivity index (χ0v) is 7.34. The number of hydrogen-bond acceptors (Lipinski definition) is 2. The van der Waals surface area contributed by atoms with Crippen molar-refractivity contribution in [2.24, 2.45) is 0 Å². The van der Waals surface area contributed by atoms with Crippen LogP contribution in [0.5, 0.6) is 0 Å². The van der Waals surface area contributed by atoms with E-state index in [9.17, 15) is 14.0 Å². The maximum absolute atomic E-state index is 12.6. The summed E-state index contributed by atoms with van der Waals surface area (Å²) in [6.45, 7) is 0. The Balaban J connectivity index is 2.95. The molecule has 0 heterocycles. The van der Waals surface area contributed by atoms with Gasteiger partial charge in [-0.1, -0.05) is 12.1 Å². The minimum absolute atomic E-state index is 0.0330. The smallest absolute Gasteiger partial charge is 0.229 e. The van der Waals surface area contributed by atoms with Gasteiger partial charge in [0.25, 0.3) is 0 Å². The summed E-state index contributed by atoms with van der Waals surface area (Å²) < 4.78 is 12.6. The number of rotatable bonds is 3. The number of carbonyl (C=O) groups is 2. The first-order chi connectivity index (χ1) is 6.15. The van der Waals surface area contributed by atoms with Crippen LogP contribution in [0.2, 0.25) is 0 Å². The lowest BCUT2D eigenvalue weighted by molar-refractivity contribution is -0.112. The van der Waals surface area contributed by atoms with Gasteiger partial charge in [-0.25, -0.2) is 4.39 Å². The number of alkyl halides is 1. The first-order valence-corrected chi connectivity index (χ1v) is 4.07. The second-order valence-electron chi connectivity index (χ2n) is 2.40. The summed E-state index contributed by atoms with van der Waals surface area (Å²) in [5.74, 6) is -2.41. The first-order valence-electron chi connectivity index (χ1n) is 3.54. The number of halogens is 2. The van der Waals surface area contributed by atoms with Gasteiger partial charge in [-0.3, -0.25) is 9.59 Å². The third-order valence-electron chi connectivity index (χ3n) is 1.46. The van der Waals surface area contributed by atoms with E-state index in [0.717, 1.165) is 6.07 Å². The monoisotopic (exact) mass is 200 g/mol. The summed E-state index contributed by atoms with van der Waals surface area (Å²) in [6, 6.07) is 4.94. The molecule has 0 unspecified atom stereocenters. The highest BCUT2D eigenvalue weighted by molar-refractivity contribution is 6.51. The summed E-state index contributed by atoms with van der Waals surface area (Å²) in [6.07, 6.45) is 0. The van der Waals surface area contributed by atoms with Crippen LogP contribution in [0, 0.1) is 5.82 Å². The van der Waals surface area contributed by atoms with Gasteiger partial charge in [0, 0.05) is 5.56 Å². The standard InChI is InChI=1S/C9H6ClFO2/c10-5-8(12)9(13)6-2-1-3-7(11)4-6/h1-4H,5H2. The molecule has 0 saturated carbocycles. The fraction of sp³-hybridized carbons (Fsp3) is 0.111. The Bertz CT molecular complexity index is 349. The van der Waals surface area contributed by atoms with E-state index in [-0.39, 0.29) is 11.4 Å². The Morgan fingerprint density at radius 2 is 2.08 bits per heavy atom. The molecule has 0 saturated heterocycles. The van der Waals surface area contributed by atoms with E-state index in [4.69, 9.17) is 11.6 Å². The molecule has 13 heavy (non-hydrogen) atoms. The van der Waals surface area contributed by atoms with Gasteiger partial charge < -0.3 is 0 Å². The fourth-order valence-electron chi connectivity index (χ4n) is 0.851. The van der Waals surface area contributed by atoms with Crippen molar-refractivity contribution >= 4 is 23.2 Å². The van der Waals surface area contributed by atoms with Crippen LogP contribution >= 0.6 is 11.6 Å². The van der Waals surface area contributed by atoms with Crippen molar-refractivity contribution in [3.63, 3.8) is 0 Å². The third-order valence-corrected chi connectivity index (χ3v) is 1.70. The third kappa shape index (κ3) is 2.36. The van der Waals surface area contributed by atoms with Crippen LogP contribution < -0.4 is 0 Å². The van der Waals surface area contributed by atoms with E-state index < -0.39 is 17.4 Å². The molecule has 68 valence electrons. The summed E-state index contributed by atoms with van der Waals surface area (Å²) >= 11 is 5.17. The number of benzene rings is 1. The molecule has 0 aliphatic heterocycles. The summed E-state index contributed by atoms with van der Waals surface area (Å²) in [5.41, 5.74) is 0.0330. The van der Waals surface area contributed by atoms with Crippen molar-refractivity contribution < 1.29 is 14.0 Å². The zero-order valence-electron chi connectivity index (χ0n) is 6.59. The Labute approximate surface area is 79.3 Å². The highest BCUT2D eigenvalue weighted by Crippen LogP contribution is 2.05. The minimum atomic E-state index is -0.755. The van der Waals surface area contributed by atoms with Gasteiger partial charge >= 0.3 is 0 Å².